The normalized spacial score (nSPS) is 15.6. The topological polar surface area (TPSA) is 83.6 Å². The first-order valence-corrected chi connectivity index (χ1v) is 7.98. The van der Waals surface area contributed by atoms with Crippen LogP contribution in [0, 0.1) is 0 Å². The lowest BCUT2D eigenvalue weighted by molar-refractivity contribution is -0.127. The van der Waals surface area contributed by atoms with E-state index in [1.165, 1.54) is 16.3 Å². The van der Waals surface area contributed by atoms with Gasteiger partial charge in [-0.25, -0.2) is 0 Å². The molecule has 0 spiro atoms. The van der Waals surface area contributed by atoms with Gasteiger partial charge in [-0.05, 0) is 22.8 Å². The van der Waals surface area contributed by atoms with Crippen molar-refractivity contribution in [2.75, 3.05) is 13.1 Å². The Morgan fingerprint density at radius 3 is 2.71 bits per heavy atom. The predicted octanol–water partition coefficient (Wildman–Crippen LogP) is 1.39. The Bertz CT molecular complexity index is 813. The fourth-order valence-electron chi connectivity index (χ4n) is 2.92. The molecule has 2 amide bonds. The average Bonchev–Trinajstić information content (AvgIpc) is 2.93. The molecule has 24 heavy (non-hydrogen) atoms. The van der Waals surface area contributed by atoms with Gasteiger partial charge in [0.2, 0.25) is 11.8 Å². The highest BCUT2D eigenvalue weighted by atomic mass is 16.3. The molecule has 1 aliphatic rings. The molecule has 2 aromatic rings. The van der Waals surface area contributed by atoms with Crippen LogP contribution in [0.1, 0.15) is 12.0 Å². The summed E-state index contributed by atoms with van der Waals surface area (Å²) in [5, 5.41) is 11.9. The Morgan fingerprint density at radius 2 is 1.96 bits per heavy atom. The maximum Gasteiger partial charge on any atom is 0.249 e. The van der Waals surface area contributed by atoms with Gasteiger partial charge in [-0.2, -0.15) is 0 Å². The van der Waals surface area contributed by atoms with E-state index < -0.39 is 12.0 Å². The molecule has 0 aromatic heterocycles. The summed E-state index contributed by atoms with van der Waals surface area (Å²) in [6.07, 6.45) is 1.20. The van der Waals surface area contributed by atoms with Gasteiger partial charge in [-0.3, -0.25) is 9.59 Å². The molecular formula is C19H20N2O3. The molecule has 0 saturated heterocycles. The van der Waals surface area contributed by atoms with Gasteiger partial charge in [0.1, 0.15) is 6.10 Å². The third kappa shape index (κ3) is 3.46. The molecule has 5 nitrogen and oxygen atoms in total. The van der Waals surface area contributed by atoms with Crippen LogP contribution < -0.4 is 5.73 Å². The van der Waals surface area contributed by atoms with Crippen molar-refractivity contribution in [3.8, 4) is 0 Å². The number of amides is 2. The molecule has 5 heteroatoms. The Morgan fingerprint density at radius 1 is 1.21 bits per heavy atom. The number of primary amides is 1. The van der Waals surface area contributed by atoms with E-state index in [2.05, 4.69) is 30.3 Å². The number of hydrogen-bond donors (Lipinski definition) is 2. The molecule has 2 aromatic carbocycles. The van der Waals surface area contributed by atoms with Gasteiger partial charge >= 0.3 is 0 Å². The third-order valence-electron chi connectivity index (χ3n) is 4.35. The quantitative estimate of drug-likeness (QED) is 0.842. The van der Waals surface area contributed by atoms with E-state index in [1.54, 1.807) is 11.0 Å². The van der Waals surface area contributed by atoms with Gasteiger partial charge < -0.3 is 15.7 Å². The molecule has 0 fully saturated rings. The number of carbonyl (C=O) groups excluding carboxylic acids is 2. The highest BCUT2D eigenvalue weighted by Crippen LogP contribution is 2.19. The van der Waals surface area contributed by atoms with Gasteiger partial charge in [0.05, 0.1) is 0 Å². The number of nitrogens with zero attached hydrogens (tertiary/aromatic N) is 1. The smallest absolute Gasteiger partial charge is 0.249 e. The summed E-state index contributed by atoms with van der Waals surface area (Å²) in [7, 11) is 0. The van der Waals surface area contributed by atoms with Crippen LogP contribution in [0.4, 0.5) is 0 Å². The molecule has 0 radical (unpaired) electrons. The minimum atomic E-state index is -1.30. The largest absolute Gasteiger partial charge is 0.383 e. The van der Waals surface area contributed by atoms with E-state index in [0.29, 0.717) is 18.7 Å². The summed E-state index contributed by atoms with van der Waals surface area (Å²) in [6, 6.07) is 14.5. The zero-order valence-corrected chi connectivity index (χ0v) is 13.3. The second-order valence-electron chi connectivity index (χ2n) is 6.03. The molecule has 3 N–H and O–H groups in total. The highest BCUT2D eigenvalue weighted by Gasteiger charge is 2.26. The number of aliphatic hydroxyl groups excluding tert-OH is 1. The first kappa shape index (κ1) is 16.2. The van der Waals surface area contributed by atoms with Crippen molar-refractivity contribution in [3.63, 3.8) is 0 Å². The summed E-state index contributed by atoms with van der Waals surface area (Å²) in [6.45, 7) is 1.11. The number of rotatable bonds is 6. The van der Waals surface area contributed by atoms with Crippen LogP contribution in [0.25, 0.3) is 10.8 Å². The Kier molecular flexibility index (Phi) is 4.62. The lowest BCUT2D eigenvalue weighted by Crippen LogP contribution is -2.32. The zero-order chi connectivity index (χ0) is 17.1. The lowest BCUT2D eigenvalue weighted by atomic mass is 10.0. The fraction of sp³-hybridized carbons (Fsp3) is 0.263. The average molecular weight is 324 g/mol. The van der Waals surface area contributed by atoms with E-state index >= 15 is 0 Å². The van der Waals surface area contributed by atoms with Gasteiger partial charge in [-0.1, -0.05) is 48.5 Å². The summed E-state index contributed by atoms with van der Waals surface area (Å²) in [5.74, 6) is -0.936. The van der Waals surface area contributed by atoms with Crippen molar-refractivity contribution < 1.29 is 14.7 Å². The maximum atomic E-state index is 12.3. The van der Waals surface area contributed by atoms with Crippen LogP contribution in [0.3, 0.4) is 0 Å². The highest BCUT2D eigenvalue weighted by molar-refractivity contribution is 5.96. The van der Waals surface area contributed by atoms with Crippen molar-refractivity contribution in [1.82, 2.24) is 4.90 Å². The van der Waals surface area contributed by atoms with Crippen molar-refractivity contribution in [1.29, 1.82) is 0 Å². The Labute approximate surface area is 140 Å². The number of hydrogen-bond acceptors (Lipinski definition) is 3. The predicted molar refractivity (Wildman–Crippen MR) is 92.1 cm³/mol. The third-order valence-corrected chi connectivity index (χ3v) is 4.35. The van der Waals surface area contributed by atoms with Gasteiger partial charge in [0.25, 0.3) is 0 Å². The Balaban J connectivity index is 1.59. The van der Waals surface area contributed by atoms with Crippen molar-refractivity contribution in [2.45, 2.75) is 18.9 Å². The molecular weight excluding hydrogens is 304 g/mol. The van der Waals surface area contributed by atoms with Gasteiger partial charge in [0.15, 0.2) is 0 Å². The van der Waals surface area contributed by atoms with E-state index in [9.17, 15) is 14.7 Å². The van der Waals surface area contributed by atoms with Gasteiger partial charge in [0, 0.05) is 25.1 Å². The standard InChI is InChI=1S/C19H20N2O3/c20-18(23)17(22)12-16-8-10-21(19(16)24)9-7-13-5-6-14-3-1-2-4-15(14)11-13/h1-6,8,11,17,22H,7,9-10,12H2,(H2,20,23). The van der Waals surface area contributed by atoms with Crippen LogP contribution in [-0.4, -0.2) is 41.0 Å². The van der Waals surface area contributed by atoms with Crippen LogP contribution in [0.5, 0.6) is 0 Å². The second kappa shape index (κ2) is 6.84. The van der Waals surface area contributed by atoms with Crippen LogP contribution in [0.2, 0.25) is 0 Å². The van der Waals surface area contributed by atoms with E-state index in [0.717, 1.165) is 6.42 Å². The number of carbonyl (C=O) groups is 2. The summed E-state index contributed by atoms with van der Waals surface area (Å²) < 4.78 is 0. The molecule has 0 bridgehead atoms. The monoisotopic (exact) mass is 324 g/mol. The van der Waals surface area contributed by atoms with Crippen LogP contribution in [0.15, 0.2) is 54.1 Å². The van der Waals surface area contributed by atoms with E-state index in [1.807, 2.05) is 12.1 Å². The minimum Gasteiger partial charge on any atom is -0.383 e. The lowest BCUT2D eigenvalue weighted by Gasteiger charge is -2.17. The van der Waals surface area contributed by atoms with Crippen molar-refractivity contribution in [3.05, 3.63) is 59.7 Å². The molecule has 3 rings (SSSR count). The summed E-state index contributed by atoms with van der Waals surface area (Å²) in [5.41, 5.74) is 6.66. The molecule has 1 heterocycles. The number of fused-ring (bicyclic) bond motifs is 1. The fourth-order valence-corrected chi connectivity index (χ4v) is 2.92. The molecule has 1 atom stereocenters. The Hall–Kier alpha value is -2.66. The molecule has 124 valence electrons. The SMILES string of the molecule is NC(=O)C(O)CC1=CCN(CCc2ccc3ccccc3c2)C1=O. The number of nitrogens with two attached hydrogens (primary N) is 1. The molecule has 0 saturated carbocycles. The number of benzene rings is 2. The zero-order valence-electron chi connectivity index (χ0n) is 13.3. The number of aliphatic hydroxyl groups is 1. The van der Waals surface area contributed by atoms with Crippen LogP contribution >= 0.6 is 0 Å². The summed E-state index contributed by atoms with van der Waals surface area (Å²) >= 11 is 0. The van der Waals surface area contributed by atoms with Crippen molar-refractivity contribution in [2.24, 2.45) is 5.73 Å². The summed E-state index contributed by atoms with van der Waals surface area (Å²) in [4.78, 5) is 24.9. The van der Waals surface area contributed by atoms with Crippen LogP contribution in [-0.2, 0) is 16.0 Å². The maximum absolute atomic E-state index is 12.3. The van der Waals surface area contributed by atoms with E-state index in [4.69, 9.17) is 5.73 Å². The first-order valence-electron chi connectivity index (χ1n) is 7.98. The molecule has 1 aliphatic heterocycles. The van der Waals surface area contributed by atoms with Gasteiger partial charge in [-0.15, -0.1) is 0 Å². The minimum absolute atomic E-state index is 0.0133. The molecule has 0 aliphatic carbocycles. The molecule has 1 unspecified atom stereocenters. The first-order chi connectivity index (χ1) is 11.5. The second-order valence-corrected chi connectivity index (χ2v) is 6.03. The van der Waals surface area contributed by atoms with Crippen molar-refractivity contribution >= 4 is 22.6 Å². The van der Waals surface area contributed by atoms with E-state index in [-0.39, 0.29) is 12.3 Å².